The Labute approximate surface area is 175 Å². The highest BCUT2D eigenvalue weighted by atomic mass is 16.2. The molecule has 0 spiro atoms. The van der Waals surface area contributed by atoms with Crippen LogP contribution in [0.1, 0.15) is 49.4 Å². The van der Waals surface area contributed by atoms with E-state index in [2.05, 4.69) is 19.2 Å². The molecule has 2 rings (SSSR count). The largest absolute Gasteiger partial charge is 0.354 e. The summed E-state index contributed by atoms with van der Waals surface area (Å²) >= 11 is 0. The van der Waals surface area contributed by atoms with Crippen molar-refractivity contribution in [2.75, 3.05) is 6.54 Å². The van der Waals surface area contributed by atoms with Crippen LogP contribution in [0, 0.1) is 19.8 Å². The van der Waals surface area contributed by atoms with Gasteiger partial charge in [-0.3, -0.25) is 9.59 Å². The lowest BCUT2D eigenvalue weighted by Crippen LogP contribution is -2.50. The second-order valence-electron chi connectivity index (χ2n) is 8.11. The van der Waals surface area contributed by atoms with Gasteiger partial charge in [-0.1, -0.05) is 69.3 Å². The summed E-state index contributed by atoms with van der Waals surface area (Å²) in [6, 6.07) is 15.5. The molecule has 0 aliphatic carbocycles. The van der Waals surface area contributed by atoms with Gasteiger partial charge in [0.1, 0.15) is 6.04 Å². The van der Waals surface area contributed by atoms with Gasteiger partial charge < -0.3 is 10.2 Å². The molecule has 0 aliphatic heterocycles. The maximum absolute atomic E-state index is 13.4. The summed E-state index contributed by atoms with van der Waals surface area (Å²) in [7, 11) is 0. The molecule has 2 aromatic carbocycles. The molecule has 1 atom stereocenters. The van der Waals surface area contributed by atoms with E-state index in [0.29, 0.717) is 31.8 Å². The first kappa shape index (κ1) is 22.7. The normalized spacial score (nSPS) is 11.9. The van der Waals surface area contributed by atoms with Crippen molar-refractivity contribution in [1.29, 1.82) is 0 Å². The third-order valence-electron chi connectivity index (χ3n) is 5.28. The van der Waals surface area contributed by atoms with Crippen LogP contribution in [-0.2, 0) is 22.6 Å². The summed E-state index contributed by atoms with van der Waals surface area (Å²) in [6.07, 6.45) is 0.877. The number of rotatable bonds is 9. The van der Waals surface area contributed by atoms with E-state index in [4.69, 9.17) is 0 Å². The predicted octanol–water partition coefficient (Wildman–Crippen LogP) is 4.43. The SMILES string of the molecule is CCC(C(=O)NCC(C)C)N(Cc1ccccc1C)C(=O)Cc1ccccc1C. The summed E-state index contributed by atoms with van der Waals surface area (Å²) in [5.74, 6) is 0.269. The molecule has 0 aromatic heterocycles. The number of aryl methyl sites for hydroxylation is 2. The van der Waals surface area contributed by atoms with E-state index >= 15 is 0 Å². The molecule has 0 saturated heterocycles. The van der Waals surface area contributed by atoms with Gasteiger partial charge in [0.05, 0.1) is 6.42 Å². The zero-order chi connectivity index (χ0) is 21.4. The Morgan fingerprint density at radius 3 is 2.00 bits per heavy atom. The zero-order valence-corrected chi connectivity index (χ0v) is 18.4. The molecule has 4 heteroatoms. The molecule has 0 heterocycles. The van der Waals surface area contributed by atoms with Crippen molar-refractivity contribution in [1.82, 2.24) is 10.2 Å². The number of benzene rings is 2. The number of hydrogen-bond donors (Lipinski definition) is 1. The lowest BCUT2D eigenvalue weighted by Gasteiger charge is -2.31. The first-order valence-electron chi connectivity index (χ1n) is 10.5. The molecular formula is C25H34N2O2. The monoisotopic (exact) mass is 394 g/mol. The van der Waals surface area contributed by atoms with Crippen LogP contribution in [0.2, 0.25) is 0 Å². The van der Waals surface area contributed by atoms with Gasteiger partial charge in [-0.05, 0) is 48.4 Å². The Bertz CT molecular complexity index is 829. The van der Waals surface area contributed by atoms with Crippen molar-refractivity contribution in [3.63, 3.8) is 0 Å². The van der Waals surface area contributed by atoms with Crippen LogP contribution in [0.4, 0.5) is 0 Å². The van der Waals surface area contributed by atoms with E-state index in [1.165, 1.54) is 0 Å². The lowest BCUT2D eigenvalue weighted by molar-refractivity contribution is -0.141. The highest BCUT2D eigenvalue weighted by Crippen LogP contribution is 2.18. The molecule has 2 amide bonds. The molecule has 0 fully saturated rings. The minimum Gasteiger partial charge on any atom is -0.354 e. The van der Waals surface area contributed by atoms with Gasteiger partial charge in [-0.2, -0.15) is 0 Å². The third kappa shape index (κ3) is 6.45. The van der Waals surface area contributed by atoms with E-state index < -0.39 is 6.04 Å². The maximum atomic E-state index is 13.4. The third-order valence-corrected chi connectivity index (χ3v) is 5.28. The zero-order valence-electron chi connectivity index (χ0n) is 18.4. The second kappa shape index (κ2) is 10.8. The van der Waals surface area contributed by atoms with E-state index in [1.807, 2.05) is 69.3 Å². The molecule has 4 nitrogen and oxygen atoms in total. The average Bonchev–Trinajstić information content (AvgIpc) is 2.69. The molecule has 0 bridgehead atoms. The predicted molar refractivity (Wildman–Crippen MR) is 119 cm³/mol. The minimum atomic E-state index is -0.482. The summed E-state index contributed by atoms with van der Waals surface area (Å²) in [5, 5.41) is 3.01. The molecule has 1 unspecified atom stereocenters. The van der Waals surface area contributed by atoms with Gasteiger partial charge in [0.15, 0.2) is 0 Å². The van der Waals surface area contributed by atoms with Crippen LogP contribution < -0.4 is 5.32 Å². The number of hydrogen-bond acceptors (Lipinski definition) is 2. The Morgan fingerprint density at radius 2 is 1.48 bits per heavy atom. The van der Waals surface area contributed by atoms with Crippen LogP contribution in [0.5, 0.6) is 0 Å². The summed E-state index contributed by atoms with van der Waals surface area (Å²) in [5.41, 5.74) is 4.29. The number of nitrogens with zero attached hydrogens (tertiary/aromatic N) is 1. The van der Waals surface area contributed by atoms with E-state index in [1.54, 1.807) is 4.90 Å². The Morgan fingerprint density at radius 1 is 0.931 bits per heavy atom. The quantitative estimate of drug-likeness (QED) is 0.684. The maximum Gasteiger partial charge on any atom is 0.242 e. The minimum absolute atomic E-state index is 0.0194. The van der Waals surface area contributed by atoms with Crippen LogP contribution in [0.3, 0.4) is 0 Å². The topological polar surface area (TPSA) is 49.4 Å². The fourth-order valence-electron chi connectivity index (χ4n) is 3.39. The van der Waals surface area contributed by atoms with Gasteiger partial charge in [0, 0.05) is 13.1 Å². The van der Waals surface area contributed by atoms with Crippen LogP contribution in [0.15, 0.2) is 48.5 Å². The van der Waals surface area contributed by atoms with Crippen molar-refractivity contribution in [3.05, 3.63) is 70.8 Å². The number of nitrogens with one attached hydrogen (secondary N) is 1. The van der Waals surface area contributed by atoms with E-state index in [0.717, 1.165) is 22.3 Å². The Kier molecular flexibility index (Phi) is 8.44. The highest BCUT2D eigenvalue weighted by Gasteiger charge is 2.29. The molecule has 156 valence electrons. The molecule has 0 saturated carbocycles. The van der Waals surface area contributed by atoms with Crippen molar-refractivity contribution in [2.45, 2.75) is 60.0 Å². The highest BCUT2D eigenvalue weighted by molar-refractivity contribution is 5.88. The first-order chi connectivity index (χ1) is 13.8. The molecule has 2 aromatic rings. The van der Waals surface area contributed by atoms with Crippen LogP contribution >= 0.6 is 0 Å². The lowest BCUT2D eigenvalue weighted by atomic mass is 10.0. The fourth-order valence-corrected chi connectivity index (χ4v) is 3.39. The van der Waals surface area contributed by atoms with Crippen molar-refractivity contribution < 1.29 is 9.59 Å². The van der Waals surface area contributed by atoms with Gasteiger partial charge in [0.25, 0.3) is 0 Å². The number of amides is 2. The number of carbonyl (C=O) groups is 2. The fraction of sp³-hybridized carbons (Fsp3) is 0.440. The Balaban J connectivity index is 2.30. The molecule has 0 radical (unpaired) electrons. The van der Waals surface area contributed by atoms with Crippen molar-refractivity contribution in [3.8, 4) is 0 Å². The first-order valence-corrected chi connectivity index (χ1v) is 10.5. The van der Waals surface area contributed by atoms with Crippen LogP contribution in [-0.4, -0.2) is 29.3 Å². The standard InChI is InChI=1S/C25H34N2O2/c1-6-23(25(29)26-16-18(2)3)27(17-22-14-10-8-12-20(22)5)24(28)15-21-13-9-7-11-19(21)4/h7-14,18,23H,6,15-17H2,1-5H3,(H,26,29). The summed E-state index contributed by atoms with van der Waals surface area (Å²) < 4.78 is 0. The summed E-state index contributed by atoms with van der Waals surface area (Å²) in [4.78, 5) is 28.0. The average molecular weight is 395 g/mol. The molecule has 29 heavy (non-hydrogen) atoms. The Hall–Kier alpha value is -2.62. The van der Waals surface area contributed by atoms with Crippen molar-refractivity contribution >= 4 is 11.8 Å². The number of carbonyl (C=O) groups excluding carboxylic acids is 2. The van der Waals surface area contributed by atoms with Crippen LogP contribution in [0.25, 0.3) is 0 Å². The van der Waals surface area contributed by atoms with Gasteiger partial charge >= 0.3 is 0 Å². The smallest absolute Gasteiger partial charge is 0.242 e. The molecule has 1 N–H and O–H groups in total. The second-order valence-corrected chi connectivity index (χ2v) is 8.11. The van der Waals surface area contributed by atoms with Gasteiger partial charge in [-0.15, -0.1) is 0 Å². The van der Waals surface area contributed by atoms with Gasteiger partial charge in [-0.25, -0.2) is 0 Å². The van der Waals surface area contributed by atoms with E-state index in [9.17, 15) is 9.59 Å². The molecular weight excluding hydrogens is 360 g/mol. The van der Waals surface area contributed by atoms with Crippen molar-refractivity contribution in [2.24, 2.45) is 5.92 Å². The van der Waals surface area contributed by atoms with Gasteiger partial charge in [0.2, 0.25) is 11.8 Å². The van der Waals surface area contributed by atoms with E-state index in [-0.39, 0.29) is 11.8 Å². The summed E-state index contributed by atoms with van der Waals surface area (Å²) in [6.45, 7) is 11.2. The molecule has 0 aliphatic rings.